The molecule has 0 amide bonds. The quantitative estimate of drug-likeness (QED) is 0.195. The molecule has 0 saturated heterocycles. The Labute approximate surface area is 179 Å². The molecule has 0 unspecified atom stereocenters. The van der Waals surface area contributed by atoms with Crippen molar-refractivity contribution >= 4 is 38.3 Å². The van der Waals surface area contributed by atoms with Crippen LogP contribution in [0.25, 0.3) is 32.3 Å². The topological polar surface area (TPSA) is 40.1 Å². The van der Waals surface area contributed by atoms with Crippen molar-refractivity contribution in [3.05, 3.63) is 60.2 Å². The Kier molecular flexibility index (Phi) is 6.84. The minimum atomic E-state index is -0.917. The SMILES string of the molecule is O=C([O-])CCCCCCCCCCCc1ccc2ccc3cccc4ccc1c2c34. The Bertz CT molecular complexity index is 1100. The van der Waals surface area contributed by atoms with Gasteiger partial charge in [0.25, 0.3) is 0 Å². The maximum absolute atomic E-state index is 10.4. The molecule has 0 aliphatic heterocycles. The Morgan fingerprint density at radius 1 is 0.600 bits per heavy atom. The van der Waals surface area contributed by atoms with Crippen molar-refractivity contribution < 1.29 is 9.90 Å². The van der Waals surface area contributed by atoms with Gasteiger partial charge in [-0.1, -0.05) is 99.5 Å². The number of carboxylic acid groups (broad SMARTS) is 1. The van der Waals surface area contributed by atoms with Crippen LogP contribution in [0.3, 0.4) is 0 Å². The van der Waals surface area contributed by atoms with E-state index in [9.17, 15) is 9.90 Å². The molecule has 4 rings (SSSR count). The Hall–Kier alpha value is -2.61. The maximum Gasteiger partial charge on any atom is 0.0414 e. The number of aryl methyl sites for hydroxylation is 1. The minimum Gasteiger partial charge on any atom is -0.550 e. The number of carboxylic acids is 1. The molecular formula is C28H31O2-. The summed E-state index contributed by atoms with van der Waals surface area (Å²) in [5, 5.41) is 18.7. The van der Waals surface area contributed by atoms with Gasteiger partial charge in [-0.05, 0) is 63.6 Å². The van der Waals surface area contributed by atoms with E-state index in [2.05, 4.69) is 54.6 Å². The molecular weight excluding hydrogens is 368 g/mol. The van der Waals surface area contributed by atoms with Crippen LogP contribution in [0.15, 0.2) is 54.6 Å². The second kappa shape index (κ2) is 9.93. The standard InChI is InChI=1S/C28H32O2/c29-26(30)14-9-7-5-3-1-2-4-6-8-11-21-15-16-24-18-17-22-12-10-13-23-19-20-25(21)28(24)27(22)23/h10,12-13,15-20H,1-9,11,14H2,(H,29,30)/p-1. The van der Waals surface area contributed by atoms with E-state index >= 15 is 0 Å². The number of rotatable bonds is 12. The van der Waals surface area contributed by atoms with Gasteiger partial charge in [0, 0.05) is 5.97 Å². The van der Waals surface area contributed by atoms with Crippen LogP contribution < -0.4 is 5.11 Å². The van der Waals surface area contributed by atoms with E-state index in [1.165, 1.54) is 76.4 Å². The van der Waals surface area contributed by atoms with Crippen molar-refractivity contribution in [2.24, 2.45) is 0 Å². The van der Waals surface area contributed by atoms with Crippen molar-refractivity contribution in [2.75, 3.05) is 0 Å². The zero-order valence-electron chi connectivity index (χ0n) is 17.8. The van der Waals surface area contributed by atoms with Crippen LogP contribution in [0.1, 0.15) is 69.8 Å². The van der Waals surface area contributed by atoms with E-state index < -0.39 is 5.97 Å². The van der Waals surface area contributed by atoms with E-state index in [0.29, 0.717) is 0 Å². The van der Waals surface area contributed by atoms with Crippen molar-refractivity contribution in [2.45, 2.75) is 70.6 Å². The first-order valence-corrected chi connectivity index (χ1v) is 11.6. The lowest BCUT2D eigenvalue weighted by molar-refractivity contribution is -0.305. The smallest absolute Gasteiger partial charge is 0.0414 e. The van der Waals surface area contributed by atoms with Gasteiger partial charge in [-0.3, -0.25) is 0 Å². The fourth-order valence-electron chi connectivity index (χ4n) is 4.84. The zero-order chi connectivity index (χ0) is 20.8. The number of benzene rings is 4. The second-order valence-corrected chi connectivity index (χ2v) is 8.63. The van der Waals surface area contributed by atoms with Crippen LogP contribution in [0.2, 0.25) is 0 Å². The van der Waals surface area contributed by atoms with Crippen LogP contribution in [0.4, 0.5) is 0 Å². The Morgan fingerprint density at radius 2 is 1.13 bits per heavy atom. The van der Waals surface area contributed by atoms with Gasteiger partial charge in [-0.25, -0.2) is 0 Å². The highest BCUT2D eigenvalue weighted by atomic mass is 16.4. The molecule has 0 aliphatic carbocycles. The average Bonchev–Trinajstić information content (AvgIpc) is 2.76. The minimum absolute atomic E-state index is 0.211. The maximum atomic E-state index is 10.4. The summed E-state index contributed by atoms with van der Waals surface area (Å²) in [5.74, 6) is -0.917. The highest BCUT2D eigenvalue weighted by Crippen LogP contribution is 2.36. The van der Waals surface area contributed by atoms with Crippen LogP contribution in [-0.4, -0.2) is 5.97 Å². The Morgan fingerprint density at radius 3 is 1.80 bits per heavy atom. The van der Waals surface area contributed by atoms with Crippen LogP contribution >= 0.6 is 0 Å². The summed E-state index contributed by atoms with van der Waals surface area (Å²) >= 11 is 0. The third-order valence-corrected chi connectivity index (χ3v) is 6.45. The van der Waals surface area contributed by atoms with E-state index in [1.54, 1.807) is 0 Å². The summed E-state index contributed by atoms with van der Waals surface area (Å²) in [4.78, 5) is 10.4. The highest BCUT2D eigenvalue weighted by Gasteiger charge is 2.10. The number of aliphatic carboxylic acids is 1. The lowest BCUT2D eigenvalue weighted by Gasteiger charge is -2.14. The molecule has 2 nitrogen and oxygen atoms in total. The molecule has 0 aliphatic rings. The molecule has 0 fully saturated rings. The fourth-order valence-corrected chi connectivity index (χ4v) is 4.84. The van der Waals surface area contributed by atoms with Gasteiger partial charge in [0.1, 0.15) is 0 Å². The number of hydrogen-bond acceptors (Lipinski definition) is 2. The molecule has 4 aromatic rings. The van der Waals surface area contributed by atoms with Gasteiger partial charge in [-0.15, -0.1) is 0 Å². The normalized spacial score (nSPS) is 11.7. The first-order chi connectivity index (χ1) is 14.7. The van der Waals surface area contributed by atoms with E-state index in [4.69, 9.17) is 0 Å². The molecule has 156 valence electrons. The average molecular weight is 400 g/mol. The summed E-state index contributed by atoms with van der Waals surface area (Å²) in [7, 11) is 0. The molecule has 0 heterocycles. The van der Waals surface area contributed by atoms with Crippen molar-refractivity contribution in [1.82, 2.24) is 0 Å². The van der Waals surface area contributed by atoms with Crippen molar-refractivity contribution in [3.63, 3.8) is 0 Å². The zero-order valence-corrected chi connectivity index (χ0v) is 17.8. The third-order valence-electron chi connectivity index (χ3n) is 6.45. The molecule has 0 N–H and O–H groups in total. The van der Waals surface area contributed by atoms with Crippen LogP contribution in [0, 0.1) is 0 Å². The number of hydrogen-bond donors (Lipinski definition) is 0. The summed E-state index contributed by atoms with van der Waals surface area (Å²) in [6.45, 7) is 0. The molecule has 0 radical (unpaired) electrons. The Balaban J connectivity index is 1.26. The monoisotopic (exact) mass is 399 g/mol. The lowest BCUT2D eigenvalue weighted by Crippen LogP contribution is -2.21. The van der Waals surface area contributed by atoms with E-state index in [-0.39, 0.29) is 6.42 Å². The predicted molar refractivity (Wildman–Crippen MR) is 125 cm³/mol. The fraction of sp³-hybridized carbons (Fsp3) is 0.393. The number of carbonyl (C=O) groups excluding carboxylic acids is 1. The van der Waals surface area contributed by atoms with E-state index in [1.807, 2.05) is 0 Å². The van der Waals surface area contributed by atoms with Crippen molar-refractivity contribution in [3.8, 4) is 0 Å². The van der Waals surface area contributed by atoms with Gasteiger partial charge < -0.3 is 9.90 Å². The first-order valence-electron chi connectivity index (χ1n) is 11.6. The van der Waals surface area contributed by atoms with Gasteiger partial charge in [0.05, 0.1) is 0 Å². The molecule has 0 aromatic heterocycles. The second-order valence-electron chi connectivity index (χ2n) is 8.63. The summed E-state index contributed by atoms with van der Waals surface area (Å²) < 4.78 is 0. The molecule has 0 atom stereocenters. The van der Waals surface area contributed by atoms with E-state index in [0.717, 1.165) is 25.7 Å². The molecule has 4 aromatic carbocycles. The molecule has 0 spiro atoms. The van der Waals surface area contributed by atoms with Gasteiger partial charge in [0.15, 0.2) is 0 Å². The molecule has 0 saturated carbocycles. The molecule has 0 bridgehead atoms. The predicted octanol–water partition coefficient (Wildman–Crippen LogP) is 6.78. The lowest BCUT2D eigenvalue weighted by atomic mass is 9.90. The van der Waals surface area contributed by atoms with Gasteiger partial charge in [-0.2, -0.15) is 0 Å². The molecule has 2 heteroatoms. The number of carbonyl (C=O) groups is 1. The van der Waals surface area contributed by atoms with Gasteiger partial charge in [0.2, 0.25) is 0 Å². The first kappa shape index (κ1) is 20.7. The van der Waals surface area contributed by atoms with Crippen LogP contribution in [-0.2, 0) is 11.2 Å². The summed E-state index contributed by atoms with van der Waals surface area (Å²) in [5.41, 5.74) is 1.48. The number of unbranched alkanes of at least 4 members (excludes halogenated alkanes) is 8. The van der Waals surface area contributed by atoms with Gasteiger partial charge >= 0.3 is 0 Å². The van der Waals surface area contributed by atoms with Crippen molar-refractivity contribution in [1.29, 1.82) is 0 Å². The largest absolute Gasteiger partial charge is 0.550 e. The summed E-state index contributed by atoms with van der Waals surface area (Å²) in [6.07, 6.45) is 11.9. The highest BCUT2D eigenvalue weighted by molar-refractivity contribution is 6.23. The third kappa shape index (κ3) is 4.75. The van der Waals surface area contributed by atoms with Crippen LogP contribution in [0.5, 0.6) is 0 Å². The summed E-state index contributed by atoms with van der Waals surface area (Å²) in [6, 6.07) is 20.3. The molecule has 30 heavy (non-hydrogen) atoms.